The summed E-state index contributed by atoms with van der Waals surface area (Å²) in [5.74, 6) is -0.535. The van der Waals surface area contributed by atoms with E-state index in [2.05, 4.69) is 44.3 Å². The second-order valence-electron chi connectivity index (χ2n) is 7.09. The van der Waals surface area contributed by atoms with Gasteiger partial charge in [-0.05, 0) is 46.6 Å². The molecule has 126 valence electrons. The normalized spacial score (nSPS) is 13.1. The van der Waals surface area contributed by atoms with Crippen molar-refractivity contribution in [3.63, 3.8) is 0 Å². The predicted octanol–water partition coefficient (Wildman–Crippen LogP) is 3.40. The number of carbonyl (C=O) groups is 2. The lowest BCUT2D eigenvalue weighted by Crippen LogP contribution is -2.22. The number of hydrogen-bond donors (Lipinski definition) is 3. The lowest BCUT2D eigenvalue weighted by atomic mass is 9.82. The summed E-state index contributed by atoms with van der Waals surface area (Å²) in [5, 5.41) is 2.98. The molecule has 5 nitrogen and oxygen atoms in total. The van der Waals surface area contributed by atoms with Crippen LogP contribution in [0.25, 0.3) is 10.4 Å². The van der Waals surface area contributed by atoms with Crippen LogP contribution in [0.4, 0.5) is 9.80 Å². The van der Waals surface area contributed by atoms with Crippen LogP contribution in [0, 0.1) is 0 Å². The van der Waals surface area contributed by atoms with Gasteiger partial charge in [-0.3, -0.25) is 10.1 Å². The predicted molar refractivity (Wildman–Crippen MR) is 97.6 cm³/mol. The van der Waals surface area contributed by atoms with E-state index < -0.39 is 11.9 Å². The lowest BCUT2D eigenvalue weighted by Gasteiger charge is -2.23. The molecule has 1 aromatic carbocycles. The first-order chi connectivity index (χ1) is 11.2. The third-order valence-electron chi connectivity index (χ3n) is 4.36. The van der Waals surface area contributed by atoms with E-state index in [0.29, 0.717) is 10.6 Å². The molecule has 1 heterocycles. The zero-order valence-corrected chi connectivity index (χ0v) is 14.8. The number of urea groups is 1. The van der Waals surface area contributed by atoms with Crippen LogP contribution in [0.5, 0.6) is 0 Å². The number of hydrogen-bond acceptors (Lipinski definition) is 3. The average Bonchev–Trinajstić information content (AvgIpc) is 2.83. The molecule has 0 fully saturated rings. The summed E-state index contributed by atoms with van der Waals surface area (Å²) in [7, 11) is 0. The second-order valence-corrected chi connectivity index (χ2v) is 8.11. The Kier molecular flexibility index (Phi) is 3.87. The molecule has 0 atom stereocenters. The fraction of sp³-hybridized carbons (Fsp3) is 0.333. The molecule has 5 N–H and O–H groups in total. The average molecular weight is 343 g/mol. The van der Waals surface area contributed by atoms with Gasteiger partial charge in [-0.15, -0.1) is 11.3 Å². The van der Waals surface area contributed by atoms with Crippen molar-refractivity contribution < 1.29 is 9.59 Å². The molecule has 0 radical (unpaired) electrons. The molecule has 0 bridgehead atoms. The third kappa shape index (κ3) is 2.78. The van der Waals surface area contributed by atoms with Crippen LogP contribution in [0.2, 0.25) is 0 Å². The first-order valence-electron chi connectivity index (χ1n) is 7.84. The van der Waals surface area contributed by atoms with Gasteiger partial charge >= 0.3 is 6.03 Å². The first kappa shape index (κ1) is 16.5. The zero-order valence-electron chi connectivity index (χ0n) is 14.0. The minimum Gasteiger partial charge on any atom is -0.365 e. The molecule has 1 aliphatic rings. The summed E-state index contributed by atoms with van der Waals surface area (Å²) >= 11 is 1.37. The van der Waals surface area contributed by atoms with Crippen LogP contribution >= 0.6 is 11.3 Å². The Hall–Kier alpha value is -2.34. The summed E-state index contributed by atoms with van der Waals surface area (Å²) in [6.45, 7) is 6.51. The molecular weight excluding hydrogens is 322 g/mol. The minimum atomic E-state index is -0.695. The molecule has 0 aliphatic heterocycles. The molecular formula is C18H21N3O2S. The van der Waals surface area contributed by atoms with Gasteiger partial charge in [-0.1, -0.05) is 32.9 Å². The Morgan fingerprint density at radius 3 is 2.46 bits per heavy atom. The van der Waals surface area contributed by atoms with Crippen molar-refractivity contribution in [1.82, 2.24) is 0 Å². The van der Waals surface area contributed by atoms with E-state index in [1.165, 1.54) is 22.5 Å². The molecule has 6 heteroatoms. The van der Waals surface area contributed by atoms with Crippen LogP contribution in [0.15, 0.2) is 18.2 Å². The van der Waals surface area contributed by atoms with Gasteiger partial charge in [0.15, 0.2) is 0 Å². The molecule has 0 saturated carbocycles. The Morgan fingerprint density at radius 1 is 1.17 bits per heavy atom. The summed E-state index contributed by atoms with van der Waals surface area (Å²) in [6, 6.07) is 5.81. The maximum absolute atomic E-state index is 11.9. The van der Waals surface area contributed by atoms with E-state index in [-0.39, 0.29) is 5.41 Å². The number of nitrogens with two attached hydrogens (primary N) is 2. The van der Waals surface area contributed by atoms with E-state index in [0.717, 1.165) is 28.8 Å². The number of nitrogens with one attached hydrogen (secondary N) is 1. The van der Waals surface area contributed by atoms with Crippen molar-refractivity contribution in [2.24, 2.45) is 11.5 Å². The number of anilines is 1. The quantitative estimate of drug-likeness (QED) is 0.779. The Labute approximate surface area is 145 Å². The van der Waals surface area contributed by atoms with Gasteiger partial charge in [-0.25, -0.2) is 4.79 Å². The van der Waals surface area contributed by atoms with Crippen molar-refractivity contribution in [2.75, 3.05) is 5.32 Å². The summed E-state index contributed by atoms with van der Waals surface area (Å²) in [5.41, 5.74) is 15.7. The maximum atomic E-state index is 11.9. The van der Waals surface area contributed by atoms with Crippen LogP contribution in [-0.2, 0) is 18.3 Å². The standard InChI is InChI=1S/C18H21N3O2S/c1-18(2,3)10-6-4-9-5-7-11-13(15(19)22)16(21-17(20)23)24-14(11)12(9)8-10/h4,6,8H,5,7H2,1-3H3,(H2,19,22)(H3,20,21,23). The minimum absolute atomic E-state index is 0.0325. The first-order valence-corrected chi connectivity index (χ1v) is 8.66. The highest BCUT2D eigenvalue weighted by Crippen LogP contribution is 2.46. The molecule has 3 amide bonds. The summed E-state index contributed by atoms with van der Waals surface area (Å²) in [4.78, 5) is 24.2. The second kappa shape index (κ2) is 5.63. The maximum Gasteiger partial charge on any atom is 0.317 e. The molecule has 1 aromatic heterocycles. The smallest absolute Gasteiger partial charge is 0.317 e. The van der Waals surface area contributed by atoms with Crippen molar-refractivity contribution >= 4 is 28.3 Å². The van der Waals surface area contributed by atoms with Crippen molar-refractivity contribution in [2.45, 2.75) is 39.0 Å². The number of fused-ring (bicyclic) bond motifs is 3. The Morgan fingerprint density at radius 2 is 1.88 bits per heavy atom. The van der Waals surface area contributed by atoms with E-state index in [4.69, 9.17) is 11.5 Å². The number of aryl methyl sites for hydroxylation is 1. The van der Waals surface area contributed by atoms with Crippen molar-refractivity contribution in [1.29, 1.82) is 0 Å². The van der Waals surface area contributed by atoms with Crippen LogP contribution in [-0.4, -0.2) is 11.9 Å². The number of primary amides is 2. The SMILES string of the molecule is CC(C)(C)c1ccc2c(c1)-c1sc(NC(N)=O)c(C(N)=O)c1CC2. The van der Waals surface area contributed by atoms with E-state index in [9.17, 15) is 9.59 Å². The fourth-order valence-corrected chi connectivity index (χ4v) is 4.42. The highest BCUT2D eigenvalue weighted by atomic mass is 32.1. The van der Waals surface area contributed by atoms with Crippen molar-refractivity contribution in [3.05, 3.63) is 40.5 Å². The highest BCUT2D eigenvalue weighted by molar-refractivity contribution is 7.20. The van der Waals surface area contributed by atoms with Gasteiger partial charge in [0.1, 0.15) is 5.00 Å². The van der Waals surface area contributed by atoms with Gasteiger partial charge in [-0.2, -0.15) is 0 Å². The lowest BCUT2D eigenvalue weighted by molar-refractivity contribution is 0.100. The molecule has 3 rings (SSSR count). The van der Waals surface area contributed by atoms with E-state index >= 15 is 0 Å². The zero-order chi connectivity index (χ0) is 17.6. The molecule has 1 aliphatic carbocycles. The summed E-state index contributed by atoms with van der Waals surface area (Å²) < 4.78 is 0. The molecule has 0 unspecified atom stereocenters. The monoisotopic (exact) mass is 343 g/mol. The van der Waals surface area contributed by atoms with Crippen LogP contribution in [0.3, 0.4) is 0 Å². The van der Waals surface area contributed by atoms with Crippen LogP contribution in [0.1, 0.15) is 47.8 Å². The van der Waals surface area contributed by atoms with Gasteiger partial charge in [0.05, 0.1) is 5.56 Å². The number of carbonyl (C=O) groups excluding carboxylic acids is 2. The highest BCUT2D eigenvalue weighted by Gasteiger charge is 2.28. The Balaban J connectivity index is 2.21. The molecule has 2 aromatic rings. The summed E-state index contributed by atoms with van der Waals surface area (Å²) in [6.07, 6.45) is 1.58. The van der Waals surface area contributed by atoms with E-state index in [1.54, 1.807) is 0 Å². The van der Waals surface area contributed by atoms with Gasteiger partial charge < -0.3 is 11.5 Å². The number of thiophene rings is 1. The number of rotatable bonds is 2. The number of amides is 3. The molecule has 0 saturated heterocycles. The van der Waals surface area contributed by atoms with Gasteiger partial charge in [0, 0.05) is 4.88 Å². The van der Waals surface area contributed by atoms with Crippen LogP contribution < -0.4 is 16.8 Å². The Bertz CT molecular complexity index is 847. The molecule has 24 heavy (non-hydrogen) atoms. The number of benzene rings is 1. The van der Waals surface area contributed by atoms with E-state index in [1.807, 2.05) is 0 Å². The van der Waals surface area contributed by atoms with Crippen molar-refractivity contribution in [3.8, 4) is 10.4 Å². The largest absolute Gasteiger partial charge is 0.365 e. The topological polar surface area (TPSA) is 98.2 Å². The molecule has 0 spiro atoms. The van der Waals surface area contributed by atoms with Gasteiger partial charge in [0.25, 0.3) is 5.91 Å². The fourth-order valence-electron chi connectivity index (χ4n) is 3.11. The van der Waals surface area contributed by atoms with Gasteiger partial charge in [0.2, 0.25) is 0 Å². The third-order valence-corrected chi connectivity index (χ3v) is 5.54.